The molecule has 0 unspecified atom stereocenters. The fourth-order valence-electron chi connectivity index (χ4n) is 7.65. The molecule has 8 aromatic rings. The lowest BCUT2D eigenvalue weighted by molar-refractivity contribution is -0.138. The zero-order chi connectivity index (χ0) is 43.5. The van der Waals surface area contributed by atoms with E-state index in [2.05, 4.69) is 0 Å². The van der Waals surface area contributed by atoms with Gasteiger partial charge in [0.2, 0.25) is 0 Å². The number of fused-ring (bicyclic) bond motifs is 4. The van der Waals surface area contributed by atoms with Gasteiger partial charge in [-0.05, 0) is 129 Å². The number of halogens is 6. The van der Waals surface area contributed by atoms with Crippen molar-refractivity contribution >= 4 is 56.5 Å². The lowest BCUT2D eigenvalue weighted by Crippen LogP contribution is -2.29. The van der Waals surface area contributed by atoms with Crippen LogP contribution in [0.15, 0.2) is 170 Å². The van der Waals surface area contributed by atoms with Crippen molar-refractivity contribution in [2.45, 2.75) is 12.4 Å². The van der Waals surface area contributed by atoms with E-state index in [9.17, 15) is 45.5 Å². The molecule has 8 aromatic carbocycles. The fourth-order valence-corrected chi connectivity index (χ4v) is 7.65. The van der Waals surface area contributed by atoms with Gasteiger partial charge < -0.3 is 0 Å². The Bertz CT molecular complexity index is 2930. The van der Waals surface area contributed by atoms with Gasteiger partial charge in [0.05, 0.1) is 44.8 Å². The minimum absolute atomic E-state index is 0.103. The van der Waals surface area contributed by atoms with Crippen molar-refractivity contribution in [1.29, 1.82) is 0 Å². The summed E-state index contributed by atoms with van der Waals surface area (Å²) in [7, 11) is 0. The smallest absolute Gasteiger partial charge is 0.268 e. The van der Waals surface area contributed by atoms with Crippen LogP contribution in [0.3, 0.4) is 0 Å². The number of hydrogen-bond acceptors (Lipinski definition) is 4. The number of hydrogen-bond donors (Lipinski definition) is 0. The van der Waals surface area contributed by atoms with Crippen LogP contribution in [-0.4, -0.2) is 23.6 Å². The molecule has 0 bridgehead atoms. The van der Waals surface area contributed by atoms with Crippen LogP contribution in [0.2, 0.25) is 0 Å². The maximum atomic E-state index is 13.0. The van der Waals surface area contributed by atoms with E-state index in [4.69, 9.17) is 0 Å². The Kier molecular flexibility index (Phi) is 9.58. The van der Waals surface area contributed by atoms with E-state index in [-0.39, 0.29) is 33.6 Å². The molecule has 0 aliphatic carbocycles. The molecule has 0 N–H and O–H groups in total. The van der Waals surface area contributed by atoms with Crippen molar-refractivity contribution in [2.24, 2.45) is 0 Å². The minimum atomic E-state index is -4.49. The third kappa shape index (κ3) is 7.15. The molecule has 62 heavy (non-hydrogen) atoms. The van der Waals surface area contributed by atoms with E-state index < -0.39 is 47.1 Å². The number of benzene rings is 8. The van der Waals surface area contributed by atoms with Crippen LogP contribution in [0.1, 0.15) is 52.6 Å². The Hall–Kier alpha value is -7.86. The Morgan fingerprint density at radius 3 is 0.968 bits per heavy atom. The predicted octanol–water partition coefficient (Wildman–Crippen LogP) is 12.7. The van der Waals surface area contributed by atoms with Crippen LogP contribution in [0.25, 0.3) is 43.8 Å². The third-order valence-electron chi connectivity index (χ3n) is 10.8. The number of nitrogens with zero attached hydrogens (tertiary/aromatic N) is 2. The van der Waals surface area contributed by atoms with Crippen LogP contribution < -0.4 is 9.80 Å². The van der Waals surface area contributed by atoms with Crippen LogP contribution in [-0.2, 0) is 12.4 Å². The zero-order valence-electron chi connectivity index (χ0n) is 32.0. The summed E-state index contributed by atoms with van der Waals surface area (Å²) in [6.07, 6.45) is -8.98. The SMILES string of the molecule is O=C1c2ccc(-c3ccc4ccccc4c3)cc2C(=O)N1c1ccc(C(F)(F)F)cc1.O=C1c2ccc(-c3ccc4ccccc4c3)cc2C(=O)N1c1ccc(C(F)(F)F)cc1. The Morgan fingerprint density at radius 1 is 0.306 bits per heavy atom. The average molecular weight is 835 g/mol. The predicted molar refractivity (Wildman–Crippen MR) is 224 cm³/mol. The fraction of sp³-hybridized carbons (Fsp3) is 0.0400. The Labute approximate surface area is 348 Å². The average Bonchev–Trinajstić information content (AvgIpc) is 3.68. The molecule has 2 heterocycles. The number of imide groups is 2. The summed E-state index contributed by atoms with van der Waals surface area (Å²) in [4.78, 5) is 53.3. The molecule has 0 saturated carbocycles. The summed E-state index contributed by atoms with van der Waals surface area (Å²) in [6, 6.07) is 45.7. The highest BCUT2D eigenvalue weighted by molar-refractivity contribution is 6.35. The van der Waals surface area contributed by atoms with Crippen molar-refractivity contribution in [1.82, 2.24) is 0 Å². The molecule has 2 aliphatic heterocycles. The minimum Gasteiger partial charge on any atom is -0.268 e. The molecule has 0 saturated heterocycles. The van der Waals surface area contributed by atoms with Gasteiger partial charge in [-0.25, -0.2) is 9.80 Å². The van der Waals surface area contributed by atoms with Crippen molar-refractivity contribution in [3.63, 3.8) is 0 Å². The van der Waals surface area contributed by atoms with E-state index >= 15 is 0 Å². The zero-order valence-corrected chi connectivity index (χ0v) is 32.0. The van der Waals surface area contributed by atoms with Gasteiger partial charge in [-0.2, -0.15) is 26.3 Å². The second-order valence-electron chi connectivity index (χ2n) is 14.6. The van der Waals surface area contributed by atoms with Crippen molar-refractivity contribution in [3.8, 4) is 22.3 Å². The maximum Gasteiger partial charge on any atom is 0.416 e. The number of rotatable bonds is 4. The summed E-state index contributed by atoms with van der Waals surface area (Å²) in [6.45, 7) is 0. The van der Waals surface area contributed by atoms with Crippen molar-refractivity contribution in [2.75, 3.05) is 9.80 Å². The topological polar surface area (TPSA) is 74.8 Å². The maximum absolute atomic E-state index is 13.0. The lowest BCUT2D eigenvalue weighted by Gasteiger charge is -2.15. The van der Waals surface area contributed by atoms with Gasteiger partial charge in [-0.3, -0.25) is 19.2 Å². The van der Waals surface area contributed by atoms with Gasteiger partial charge in [0.15, 0.2) is 0 Å². The highest BCUT2D eigenvalue weighted by Gasteiger charge is 2.39. The summed E-state index contributed by atoms with van der Waals surface area (Å²) in [5.74, 6) is -2.21. The van der Waals surface area contributed by atoms with Crippen LogP contribution in [0.4, 0.5) is 37.7 Å². The molecule has 6 nitrogen and oxygen atoms in total. The number of alkyl halides is 6. The Balaban J connectivity index is 0.000000158. The van der Waals surface area contributed by atoms with Crippen LogP contribution in [0, 0.1) is 0 Å². The standard InChI is InChI=1S/2C25H14F3NO2/c2*26-25(27,28)19-8-10-20(11-9-19)29-23(30)21-12-7-18(14-22(21)24(29)31)17-6-5-15-3-1-2-4-16(15)13-17/h2*1-14H. The van der Waals surface area contributed by atoms with Gasteiger partial charge in [0, 0.05) is 0 Å². The third-order valence-corrected chi connectivity index (χ3v) is 10.8. The van der Waals surface area contributed by atoms with Gasteiger partial charge in [-0.1, -0.05) is 84.9 Å². The quantitative estimate of drug-likeness (QED) is 0.131. The molecule has 0 atom stereocenters. The normalized spacial score (nSPS) is 13.7. The molecular formula is C50H28F6N2O4. The molecule has 4 amide bonds. The molecule has 0 spiro atoms. The first-order valence-corrected chi connectivity index (χ1v) is 19.0. The molecule has 0 fully saturated rings. The molecule has 304 valence electrons. The first-order chi connectivity index (χ1) is 29.7. The summed E-state index contributed by atoms with van der Waals surface area (Å²) < 4.78 is 76.9. The second kappa shape index (κ2) is 15.0. The van der Waals surface area contributed by atoms with Gasteiger partial charge >= 0.3 is 12.4 Å². The summed E-state index contributed by atoms with van der Waals surface area (Å²) in [5.41, 5.74) is 2.80. The van der Waals surface area contributed by atoms with E-state index in [1.807, 2.05) is 84.9 Å². The molecular weight excluding hydrogens is 807 g/mol. The van der Waals surface area contributed by atoms with Crippen LogP contribution in [0.5, 0.6) is 0 Å². The molecule has 12 heteroatoms. The summed E-state index contributed by atoms with van der Waals surface area (Å²) in [5, 5.41) is 4.28. The van der Waals surface area contributed by atoms with Gasteiger partial charge in [0.1, 0.15) is 0 Å². The number of carbonyl (C=O) groups is 4. The molecule has 0 aromatic heterocycles. The highest BCUT2D eigenvalue weighted by Crippen LogP contribution is 2.37. The van der Waals surface area contributed by atoms with E-state index in [0.29, 0.717) is 0 Å². The van der Waals surface area contributed by atoms with Crippen molar-refractivity contribution < 1.29 is 45.5 Å². The van der Waals surface area contributed by atoms with E-state index in [0.717, 1.165) is 102 Å². The van der Waals surface area contributed by atoms with E-state index in [1.54, 1.807) is 36.4 Å². The molecule has 10 rings (SSSR count). The second-order valence-corrected chi connectivity index (χ2v) is 14.6. The Morgan fingerprint density at radius 2 is 0.613 bits per heavy atom. The monoisotopic (exact) mass is 834 g/mol. The van der Waals surface area contributed by atoms with Crippen LogP contribution >= 0.6 is 0 Å². The lowest BCUT2D eigenvalue weighted by atomic mass is 9.98. The largest absolute Gasteiger partial charge is 0.416 e. The molecule has 0 radical (unpaired) electrons. The highest BCUT2D eigenvalue weighted by atomic mass is 19.4. The first kappa shape index (κ1) is 39.6. The van der Waals surface area contributed by atoms with Gasteiger partial charge in [-0.15, -0.1) is 0 Å². The van der Waals surface area contributed by atoms with Crippen molar-refractivity contribution in [3.05, 3.63) is 203 Å². The summed E-state index contributed by atoms with van der Waals surface area (Å²) >= 11 is 0. The first-order valence-electron chi connectivity index (χ1n) is 19.0. The number of carbonyl (C=O) groups excluding carboxylic acids is 4. The number of anilines is 2. The molecule has 2 aliphatic rings. The number of amides is 4. The van der Waals surface area contributed by atoms with Gasteiger partial charge in [0.25, 0.3) is 23.6 Å². The van der Waals surface area contributed by atoms with E-state index in [1.165, 1.54) is 0 Å².